The number of para-hydroxylation sites is 1. The Kier molecular flexibility index (Phi) is 5.83. The number of rotatable bonds is 7. The van der Waals surface area contributed by atoms with E-state index in [0.717, 1.165) is 37.0 Å². The van der Waals surface area contributed by atoms with Crippen LogP contribution in [0.25, 0.3) is 0 Å². The highest BCUT2D eigenvalue weighted by Crippen LogP contribution is 2.23. The predicted molar refractivity (Wildman–Crippen MR) is 101 cm³/mol. The first-order chi connectivity index (χ1) is 11.9. The topological polar surface area (TPSA) is 41.1 Å². The number of hydrogen-bond acceptors (Lipinski definition) is 4. The number of allylic oxidation sites excluding steroid dienone is 1. The van der Waals surface area contributed by atoms with Crippen molar-refractivity contribution in [3.63, 3.8) is 0 Å². The average molecular weight is 322 g/mol. The monoisotopic (exact) mass is 322 g/mol. The molecule has 0 spiro atoms. The largest absolute Gasteiger partial charge is 0.370 e. The van der Waals surface area contributed by atoms with E-state index < -0.39 is 0 Å². The predicted octanol–water partition coefficient (Wildman–Crippen LogP) is 4.94. The van der Waals surface area contributed by atoms with Crippen LogP contribution in [-0.4, -0.2) is 23.1 Å². The van der Waals surface area contributed by atoms with Crippen molar-refractivity contribution >= 4 is 17.5 Å². The van der Waals surface area contributed by atoms with Crippen molar-refractivity contribution in [3.8, 4) is 0 Å². The number of hydrogen-bond donors (Lipinski definition) is 1. The fourth-order valence-electron chi connectivity index (χ4n) is 3.11. The number of nitrogens with zero attached hydrogens (tertiary/aromatic N) is 3. The molecule has 1 aliphatic rings. The van der Waals surface area contributed by atoms with Gasteiger partial charge in [-0.25, -0.2) is 4.98 Å². The lowest BCUT2D eigenvalue weighted by atomic mass is 9.97. The molecule has 0 saturated carbocycles. The van der Waals surface area contributed by atoms with Crippen LogP contribution in [0.2, 0.25) is 0 Å². The van der Waals surface area contributed by atoms with Crippen molar-refractivity contribution in [1.82, 2.24) is 9.97 Å². The average Bonchev–Trinajstić information content (AvgIpc) is 2.65. The van der Waals surface area contributed by atoms with Crippen molar-refractivity contribution in [1.29, 1.82) is 0 Å². The summed E-state index contributed by atoms with van der Waals surface area (Å²) in [5.41, 5.74) is 2.70. The second-order valence-corrected chi connectivity index (χ2v) is 6.11. The van der Waals surface area contributed by atoms with Crippen LogP contribution >= 0.6 is 0 Å². The number of aromatic nitrogens is 2. The summed E-state index contributed by atoms with van der Waals surface area (Å²) in [7, 11) is 0. The molecule has 0 radical (unpaired) electrons. The van der Waals surface area contributed by atoms with E-state index in [4.69, 9.17) is 0 Å². The first kappa shape index (κ1) is 16.5. The number of anilines is 3. The molecule has 0 bridgehead atoms. The summed E-state index contributed by atoms with van der Waals surface area (Å²) in [5.74, 6) is 1.64. The van der Waals surface area contributed by atoms with Gasteiger partial charge in [-0.1, -0.05) is 29.8 Å². The maximum absolute atomic E-state index is 4.69. The van der Waals surface area contributed by atoms with Gasteiger partial charge in [0.1, 0.15) is 5.82 Å². The summed E-state index contributed by atoms with van der Waals surface area (Å²) in [6.07, 6.45) is 10.5. The maximum atomic E-state index is 4.69. The highest BCUT2D eigenvalue weighted by atomic mass is 15.3. The van der Waals surface area contributed by atoms with E-state index in [9.17, 15) is 0 Å². The van der Waals surface area contributed by atoms with Gasteiger partial charge in [0.15, 0.2) is 0 Å². The summed E-state index contributed by atoms with van der Waals surface area (Å²) >= 11 is 0. The molecule has 1 aromatic heterocycles. The standard InChI is InChI=1S/C20H26N4/c1-2-24(18-11-7-4-8-12-18)20-22-16-14-19(23-20)21-15-13-17-9-5-3-6-10-17/h4,7-9,11-12,14,16H,2-3,5-6,10,13,15H2,1H3,(H,21,22,23). The minimum absolute atomic E-state index is 0.741. The van der Waals surface area contributed by atoms with Crippen molar-refractivity contribution in [2.75, 3.05) is 23.3 Å². The second-order valence-electron chi connectivity index (χ2n) is 6.11. The van der Waals surface area contributed by atoms with Gasteiger partial charge in [-0.2, -0.15) is 4.98 Å². The Labute approximate surface area is 144 Å². The number of benzene rings is 1. The second kappa shape index (κ2) is 8.48. The zero-order chi connectivity index (χ0) is 16.6. The zero-order valence-corrected chi connectivity index (χ0v) is 14.4. The molecule has 0 saturated heterocycles. The molecule has 1 N–H and O–H groups in total. The number of nitrogens with one attached hydrogen (secondary N) is 1. The van der Waals surface area contributed by atoms with Gasteiger partial charge in [0, 0.05) is 25.0 Å². The van der Waals surface area contributed by atoms with Crippen LogP contribution in [0.4, 0.5) is 17.5 Å². The Morgan fingerprint density at radius 1 is 1.12 bits per heavy atom. The van der Waals surface area contributed by atoms with Gasteiger partial charge in [-0.3, -0.25) is 0 Å². The maximum Gasteiger partial charge on any atom is 0.231 e. The van der Waals surface area contributed by atoms with E-state index in [2.05, 4.69) is 45.3 Å². The van der Waals surface area contributed by atoms with Crippen LogP contribution < -0.4 is 10.2 Å². The smallest absolute Gasteiger partial charge is 0.231 e. The molecular formula is C20H26N4. The lowest BCUT2D eigenvalue weighted by molar-refractivity contribution is 0.679. The summed E-state index contributed by atoms with van der Waals surface area (Å²) in [4.78, 5) is 11.3. The molecule has 2 aromatic rings. The lowest BCUT2D eigenvalue weighted by Crippen LogP contribution is -2.19. The fraction of sp³-hybridized carbons (Fsp3) is 0.400. The van der Waals surface area contributed by atoms with E-state index in [1.807, 2.05) is 30.5 Å². The molecule has 24 heavy (non-hydrogen) atoms. The third-order valence-electron chi connectivity index (χ3n) is 4.41. The summed E-state index contributed by atoms with van der Waals surface area (Å²) in [6.45, 7) is 3.88. The van der Waals surface area contributed by atoms with E-state index in [-0.39, 0.29) is 0 Å². The summed E-state index contributed by atoms with van der Waals surface area (Å²) in [5, 5.41) is 3.44. The first-order valence-electron chi connectivity index (χ1n) is 8.94. The third-order valence-corrected chi connectivity index (χ3v) is 4.41. The van der Waals surface area contributed by atoms with E-state index >= 15 is 0 Å². The minimum atomic E-state index is 0.741. The molecule has 0 amide bonds. The molecule has 0 aliphatic heterocycles. The van der Waals surface area contributed by atoms with Gasteiger partial charge < -0.3 is 10.2 Å². The normalized spacial score (nSPS) is 14.1. The van der Waals surface area contributed by atoms with Crippen LogP contribution in [-0.2, 0) is 0 Å². The van der Waals surface area contributed by atoms with Crippen LogP contribution in [0, 0.1) is 0 Å². The van der Waals surface area contributed by atoms with Crippen molar-refractivity contribution in [2.45, 2.75) is 39.0 Å². The summed E-state index contributed by atoms with van der Waals surface area (Å²) in [6, 6.07) is 12.2. The van der Waals surface area contributed by atoms with Crippen LogP contribution in [0.15, 0.2) is 54.2 Å². The zero-order valence-electron chi connectivity index (χ0n) is 14.4. The van der Waals surface area contributed by atoms with Crippen molar-refractivity contribution in [3.05, 3.63) is 54.2 Å². The molecule has 4 nitrogen and oxygen atoms in total. The molecule has 0 fully saturated rings. The first-order valence-corrected chi connectivity index (χ1v) is 8.94. The van der Waals surface area contributed by atoms with Crippen molar-refractivity contribution in [2.24, 2.45) is 0 Å². The van der Waals surface area contributed by atoms with E-state index in [0.29, 0.717) is 0 Å². The minimum Gasteiger partial charge on any atom is -0.370 e. The Morgan fingerprint density at radius 3 is 2.75 bits per heavy atom. The molecule has 1 heterocycles. The fourth-order valence-corrected chi connectivity index (χ4v) is 3.11. The van der Waals surface area contributed by atoms with Crippen LogP contribution in [0.3, 0.4) is 0 Å². The Balaban J connectivity index is 1.64. The lowest BCUT2D eigenvalue weighted by Gasteiger charge is -2.21. The van der Waals surface area contributed by atoms with Gasteiger partial charge in [0.05, 0.1) is 0 Å². The van der Waals surface area contributed by atoms with E-state index in [1.54, 1.807) is 5.57 Å². The quantitative estimate of drug-likeness (QED) is 0.733. The summed E-state index contributed by atoms with van der Waals surface area (Å²) < 4.78 is 0. The Hall–Kier alpha value is -2.36. The van der Waals surface area contributed by atoms with Crippen LogP contribution in [0.1, 0.15) is 39.0 Å². The SMILES string of the molecule is CCN(c1ccccc1)c1nccc(NCCC2=CCCCC2)n1. The Morgan fingerprint density at radius 2 is 2.00 bits per heavy atom. The molecule has 0 unspecified atom stereocenters. The highest BCUT2D eigenvalue weighted by molar-refractivity contribution is 5.58. The van der Waals surface area contributed by atoms with Gasteiger partial charge in [0.25, 0.3) is 0 Å². The molecule has 1 aliphatic carbocycles. The van der Waals surface area contributed by atoms with Gasteiger partial charge in [0.2, 0.25) is 5.95 Å². The van der Waals surface area contributed by atoms with Crippen molar-refractivity contribution < 1.29 is 0 Å². The molecular weight excluding hydrogens is 296 g/mol. The van der Waals surface area contributed by atoms with Gasteiger partial charge in [-0.05, 0) is 57.2 Å². The molecule has 0 atom stereocenters. The van der Waals surface area contributed by atoms with E-state index in [1.165, 1.54) is 25.7 Å². The molecule has 4 heteroatoms. The molecule has 1 aromatic carbocycles. The van der Waals surface area contributed by atoms with Gasteiger partial charge >= 0.3 is 0 Å². The third kappa shape index (κ3) is 4.34. The molecule has 126 valence electrons. The molecule has 3 rings (SSSR count). The Bertz CT molecular complexity index is 666. The van der Waals surface area contributed by atoms with Gasteiger partial charge in [-0.15, -0.1) is 0 Å². The van der Waals surface area contributed by atoms with Crippen LogP contribution in [0.5, 0.6) is 0 Å². The highest BCUT2D eigenvalue weighted by Gasteiger charge is 2.10.